The maximum absolute atomic E-state index is 5.59. The Bertz CT molecular complexity index is 960. The first-order valence-electron chi connectivity index (χ1n) is 9.40. The summed E-state index contributed by atoms with van der Waals surface area (Å²) in [6, 6.07) is 6.58. The molecule has 0 aliphatic carbocycles. The maximum Gasteiger partial charge on any atom is 0.222 e. The van der Waals surface area contributed by atoms with Crippen LogP contribution in [-0.2, 0) is 4.74 Å². The second-order valence-corrected chi connectivity index (χ2v) is 7.49. The summed E-state index contributed by atoms with van der Waals surface area (Å²) in [5.41, 5.74) is 7.26. The van der Waals surface area contributed by atoms with E-state index in [1.807, 2.05) is 0 Å². The van der Waals surface area contributed by atoms with Crippen molar-refractivity contribution in [1.82, 2.24) is 14.5 Å². The first-order valence-corrected chi connectivity index (χ1v) is 9.40. The van der Waals surface area contributed by atoms with Gasteiger partial charge in [0, 0.05) is 19.0 Å². The molecule has 0 aliphatic rings. The van der Waals surface area contributed by atoms with E-state index < -0.39 is 0 Å². The minimum absolute atomic E-state index is 0.250. The highest BCUT2D eigenvalue weighted by molar-refractivity contribution is 5.85. The molecule has 3 aromatic heterocycles. The lowest BCUT2D eigenvalue weighted by Gasteiger charge is -2.16. The predicted molar refractivity (Wildman–Crippen MR) is 110 cm³/mol. The summed E-state index contributed by atoms with van der Waals surface area (Å²) in [7, 11) is 3.40. The number of aromatic nitrogens is 3. The Morgan fingerprint density at radius 3 is 2.41 bits per heavy atom. The van der Waals surface area contributed by atoms with E-state index in [-0.39, 0.29) is 6.04 Å². The molecule has 5 nitrogen and oxygen atoms in total. The molecule has 0 saturated carbocycles. The number of nitrogens with zero attached hydrogens (tertiary/aromatic N) is 3. The normalized spacial score (nSPS) is 12.7. The number of aryl methyl sites for hydroxylation is 2. The molecule has 3 aromatic rings. The average molecular weight is 367 g/mol. The van der Waals surface area contributed by atoms with E-state index >= 15 is 0 Å². The molecule has 0 N–H and O–H groups in total. The highest BCUT2D eigenvalue weighted by Gasteiger charge is 2.18. The molecule has 1 atom stereocenters. The highest BCUT2D eigenvalue weighted by Crippen LogP contribution is 2.34. The van der Waals surface area contributed by atoms with Gasteiger partial charge in [-0.15, -0.1) is 0 Å². The molecule has 5 heteroatoms. The van der Waals surface area contributed by atoms with Gasteiger partial charge >= 0.3 is 0 Å². The predicted octanol–water partition coefficient (Wildman–Crippen LogP) is 5.05. The van der Waals surface area contributed by atoms with Gasteiger partial charge in [-0.25, -0.2) is 9.97 Å². The van der Waals surface area contributed by atoms with Crippen molar-refractivity contribution in [2.45, 2.75) is 46.6 Å². The fourth-order valence-corrected chi connectivity index (χ4v) is 3.50. The van der Waals surface area contributed by atoms with Gasteiger partial charge in [-0.05, 0) is 56.0 Å². The molecule has 27 heavy (non-hydrogen) atoms. The Kier molecular flexibility index (Phi) is 5.51. The Labute approximate surface area is 161 Å². The van der Waals surface area contributed by atoms with Gasteiger partial charge in [0.15, 0.2) is 0 Å². The van der Waals surface area contributed by atoms with Crippen LogP contribution in [-0.4, -0.2) is 35.4 Å². The van der Waals surface area contributed by atoms with Crippen LogP contribution in [0.4, 0.5) is 0 Å². The molecule has 0 spiro atoms. The number of hydrogen-bond donors (Lipinski definition) is 0. The van der Waals surface area contributed by atoms with Gasteiger partial charge in [0.1, 0.15) is 0 Å². The maximum atomic E-state index is 5.59. The number of fused-ring (bicyclic) bond motifs is 1. The van der Waals surface area contributed by atoms with Crippen molar-refractivity contribution in [2.24, 2.45) is 0 Å². The van der Waals surface area contributed by atoms with Crippen molar-refractivity contribution < 1.29 is 9.47 Å². The van der Waals surface area contributed by atoms with E-state index in [1.165, 1.54) is 0 Å². The molecule has 0 radical (unpaired) electrons. The Balaban J connectivity index is 2.17. The first kappa shape index (κ1) is 19.4. The largest absolute Gasteiger partial charge is 0.480 e. The number of methoxy groups -OCH3 is 2. The van der Waals surface area contributed by atoms with Crippen molar-refractivity contribution in [3.05, 3.63) is 41.2 Å². The van der Waals surface area contributed by atoms with Crippen LogP contribution in [0.15, 0.2) is 24.4 Å². The number of hydrogen-bond acceptors (Lipinski definition) is 4. The van der Waals surface area contributed by atoms with E-state index in [2.05, 4.69) is 68.6 Å². The molecule has 0 aliphatic heterocycles. The lowest BCUT2D eigenvalue weighted by atomic mass is 10.0. The minimum atomic E-state index is 0.250. The zero-order valence-corrected chi connectivity index (χ0v) is 17.3. The van der Waals surface area contributed by atoms with Gasteiger partial charge in [-0.2, -0.15) is 0 Å². The zero-order chi connectivity index (χ0) is 19.7. The van der Waals surface area contributed by atoms with Crippen LogP contribution < -0.4 is 4.74 Å². The van der Waals surface area contributed by atoms with Crippen LogP contribution >= 0.6 is 0 Å². The van der Waals surface area contributed by atoms with Crippen LogP contribution in [0, 0.1) is 13.8 Å². The summed E-state index contributed by atoms with van der Waals surface area (Å²) in [4.78, 5) is 9.69. The molecule has 3 heterocycles. The van der Waals surface area contributed by atoms with E-state index in [4.69, 9.17) is 14.5 Å². The molecular formula is C22H29N3O2. The Morgan fingerprint density at radius 2 is 1.78 bits per heavy atom. The fourth-order valence-electron chi connectivity index (χ4n) is 3.50. The smallest absolute Gasteiger partial charge is 0.222 e. The molecule has 0 bridgehead atoms. The summed E-state index contributed by atoms with van der Waals surface area (Å²) in [6.07, 6.45) is 2.15. The molecule has 0 unspecified atom stereocenters. The van der Waals surface area contributed by atoms with E-state index in [1.54, 1.807) is 14.2 Å². The standard InChI is InChI=1S/C22H29N3O2/c1-13(2)18-9-8-17(22(23-18)27-7)20-14(3)10-19-21(24-20)15(4)11-25(19)16(5)12-26-6/h8-11,13,16H,12H2,1-7H3/t16-/m0/s1. The molecule has 144 valence electrons. The van der Waals surface area contributed by atoms with Crippen molar-refractivity contribution in [2.75, 3.05) is 20.8 Å². The lowest BCUT2D eigenvalue weighted by Crippen LogP contribution is -2.10. The van der Waals surface area contributed by atoms with Crippen LogP contribution in [0.1, 0.15) is 49.6 Å². The third-order valence-electron chi connectivity index (χ3n) is 4.98. The summed E-state index contributed by atoms with van der Waals surface area (Å²) in [5.74, 6) is 0.976. The van der Waals surface area contributed by atoms with Gasteiger partial charge < -0.3 is 14.0 Å². The average Bonchev–Trinajstić information content (AvgIpc) is 2.96. The van der Waals surface area contributed by atoms with Gasteiger partial charge in [-0.1, -0.05) is 13.8 Å². The number of ether oxygens (including phenoxy) is 2. The van der Waals surface area contributed by atoms with Crippen LogP contribution in [0.2, 0.25) is 0 Å². The molecular weight excluding hydrogens is 338 g/mol. The van der Waals surface area contributed by atoms with Crippen LogP contribution in [0.5, 0.6) is 5.88 Å². The summed E-state index contributed by atoms with van der Waals surface area (Å²) < 4.78 is 13.2. The van der Waals surface area contributed by atoms with Gasteiger partial charge in [0.25, 0.3) is 0 Å². The topological polar surface area (TPSA) is 49.2 Å². The van der Waals surface area contributed by atoms with E-state index in [0.717, 1.165) is 39.1 Å². The molecule has 0 fully saturated rings. The third-order valence-corrected chi connectivity index (χ3v) is 4.98. The van der Waals surface area contributed by atoms with Crippen LogP contribution in [0.25, 0.3) is 22.3 Å². The summed E-state index contributed by atoms with van der Waals surface area (Å²) >= 11 is 0. The molecule has 3 rings (SSSR count). The minimum Gasteiger partial charge on any atom is -0.480 e. The van der Waals surface area contributed by atoms with Crippen molar-refractivity contribution >= 4 is 11.0 Å². The molecule has 0 aromatic carbocycles. The fraction of sp³-hybridized carbons (Fsp3) is 0.455. The number of pyridine rings is 2. The Morgan fingerprint density at radius 1 is 1.04 bits per heavy atom. The third kappa shape index (κ3) is 3.56. The SMILES string of the molecule is COC[C@H](C)n1cc(C)c2nc(-c3ccc(C(C)C)nc3OC)c(C)cc21. The monoisotopic (exact) mass is 367 g/mol. The lowest BCUT2D eigenvalue weighted by molar-refractivity contribution is 0.164. The second kappa shape index (κ2) is 7.69. The summed E-state index contributed by atoms with van der Waals surface area (Å²) in [6.45, 7) is 11.3. The van der Waals surface area contributed by atoms with Crippen molar-refractivity contribution in [3.8, 4) is 17.1 Å². The van der Waals surface area contributed by atoms with Crippen molar-refractivity contribution in [1.29, 1.82) is 0 Å². The zero-order valence-electron chi connectivity index (χ0n) is 17.3. The van der Waals surface area contributed by atoms with Gasteiger partial charge in [0.2, 0.25) is 5.88 Å². The quantitative estimate of drug-likeness (QED) is 0.611. The van der Waals surface area contributed by atoms with Gasteiger partial charge in [0.05, 0.1) is 42.0 Å². The van der Waals surface area contributed by atoms with E-state index in [9.17, 15) is 0 Å². The number of rotatable bonds is 6. The van der Waals surface area contributed by atoms with Crippen LogP contribution in [0.3, 0.4) is 0 Å². The second-order valence-electron chi connectivity index (χ2n) is 7.49. The van der Waals surface area contributed by atoms with Crippen molar-refractivity contribution in [3.63, 3.8) is 0 Å². The van der Waals surface area contributed by atoms with E-state index in [0.29, 0.717) is 18.4 Å². The molecule has 0 saturated heterocycles. The Hall–Kier alpha value is -2.40. The van der Waals surface area contributed by atoms with Gasteiger partial charge in [-0.3, -0.25) is 0 Å². The highest BCUT2D eigenvalue weighted by atomic mass is 16.5. The first-order chi connectivity index (χ1) is 12.9. The summed E-state index contributed by atoms with van der Waals surface area (Å²) in [5, 5.41) is 0. The molecule has 0 amide bonds.